The van der Waals surface area contributed by atoms with Gasteiger partial charge in [-0.25, -0.2) is 4.79 Å². The third kappa shape index (κ3) is 9.38. The molecule has 0 aliphatic carbocycles. The summed E-state index contributed by atoms with van der Waals surface area (Å²) in [6.07, 6.45) is 2.02. The fraction of sp³-hybridized carbons (Fsp3) is 0.250. The van der Waals surface area contributed by atoms with Crippen molar-refractivity contribution in [3.8, 4) is 0 Å². The van der Waals surface area contributed by atoms with Gasteiger partial charge >= 0.3 is 35.5 Å². The van der Waals surface area contributed by atoms with Gasteiger partial charge < -0.3 is 11.3 Å². The molecule has 0 atom stereocenters. The molecule has 0 aliphatic heterocycles. The van der Waals surface area contributed by atoms with E-state index in [-0.39, 0.29) is 31.0 Å². The van der Waals surface area contributed by atoms with E-state index in [1.165, 1.54) is 7.11 Å². The molecule has 0 aromatic heterocycles. The quantitative estimate of drug-likeness (QED) is 0.250. The molecule has 0 fully saturated rings. The van der Waals surface area contributed by atoms with Crippen LogP contribution in [0.4, 0.5) is 0 Å². The van der Waals surface area contributed by atoms with E-state index in [9.17, 15) is 4.79 Å². The van der Waals surface area contributed by atoms with Crippen LogP contribution in [0.15, 0.2) is 12.3 Å². The molecule has 3 nitrogen and oxygen atoms in total. The van der Waals surface area contributed by atoms with Crippen LogP contribution in [-0.4, -0.2) is 18.2 Å². The zero-order valence-corrected chi connectivity index (χ0v) is 6.92. The summed E-state index contributed by atoms with van der Waals surface area (Å²) in [5.74, 6) is -0.998. The molecular weight excluding hydrogens is 119 g/mol. The van der Waals surface area contributed by atoms with E-state index in [0.29, 0.717) is 0 Å². The summed E-state index contributed by atoms with van der Waals surface area (Å²) < 4.78 is 4.29. The standard InChI is InChI=1S/C4H6O3.Na.H/c1-7-3-2-4(5)6;;/h2-3H,1H3,(H,5,6);;/q;+1;-1. The van der Waals surface area contributed by atoms with Crippen LogP contribution in [0, 0.1) is 0 Å². The van der Waals surface area contributed by atoms with Gasteiger partial charge in [-0.15, -0.1) is 0 Å². The number of rotatable bonds is 2. The summed E-state index contributed by atoms with van der Waals surface area (Å²) in [4.78, 5) is 9.59. The summed E-state index contributed by atoms with van der Waals surface area (Å²) in [6.45, 7) is 0. The second-order valence-corrected chi connectivity index (χ2v) is 0.877. The molecule has 8 heavy (non-hydrogen) atoms. The van der Waals surface area contributed by atoms with E-state index in [1.54, 1.807) is 0 Å². The van der Waals surface area contributed by atoms with Crippen molar-refractivity contribution in [1.29, 1.82) is 0 Å². The molecule has 0 saturated carbocycles. The van der Waals surface area contributed by atoms with Gasteiger partial charge in [-0.3, -0.25) is 0 Å². The van der Waals surface area contributed by atoms with Crippen molar-refractivity contribution in [1.82, 2.24) is 0 Å². The minimum Gasteiger partial charge on any atom is -1.00 e. The Balaban J connectivity index is -0.000000180. The van der Waals surface area contributed by atoms with Crippen LogP contribution in [-0.2, 0) is 9.53 Å². The van der Waals surface area contributed by atoms with Gasteiger partial charge in [-0.1, -0.05) is 0 Å². The largest absolute Gasteiger partial charge is 1.00 e. The van der Waals surface area contributed by atoms with Crippen LogP contribution in [0.1, 0.15) is 1.43 Å². The molecule has 0 aliphatic rings. The molecule has 0 rings (SSSR count). The van der Waals surface area contributed by atoms with Crippen molar-refractivity contribution in [3.05, 3.63) is 12.3 Å². The third-order valence-corrected chi connectivity index (χ3v) is 0.347. The Kier molecular flexibility index (Phi) is 9.55. The van der Waals surface area contributed by atoms with Crippen LogP contribution < -0.4 is 29.6 Å². The molecule has 4 heteroatoms. The smallest absolute Gasteiger partial charge is 1.00 e. The number of hydrogen-bond acceptors (Lipinski definition) is 2. The fourth-order valence-corrected chi connectivity index (χ4v) is 0.126. The van der Waals surface area contributed by atoms with Crippen LogP contribution in [0.25, 0.3) is 0 Å². The first-order valence-electron chi connectivity index (χ1n) is 1.69. The average Bonchev–Trinajstić information content (AvgIpc) is 1.61. The Labute approximate surface area is 71.1 Å². The summed E-state index contributed by atoms with van der Waals surface area (Å²) in [6, 6.07) is 0. The minimum absolute atomic E-state index is 0. The van der Waals surface area contributed by atoms with Crippen molar-refractivity contribution < 1.29 is 45.6 Å². The second kappa shape index (κ2) is 7.01. The van der Waals surface area contributed by atoms with Crippen molar-refractivity contribution in [2.24, 2.45) is 0 Å². The summed E-state index contributed by atoms with van der Waals surface area (Å²) >= 11 is 0. The number of carboxylic acid groups (broad SMARTS) is 1. The molecular formula is C4H7NaO3. The predicted molar refractivity (Wildman–Crippen MR) is 24.9 cm³/mol. The zero-order valence-electron chi connectivity index (χ0n) is 5.92. The maximum absolute atomic E-state index is 9.59. The minimum atomic E-state index is -0.998. The van der Waals surface area contributed by atoms with E-state index in [1.807, 2.05) is 0 Å². The Hall–Kier alpha value is 0.0100. The number of aliphatic carboxylic acids is 1. The summed E-state index contributed by atoms with van der Waals surface area (Å²) in [7, 11) is 1.39. The molecule has 0 saturated heterocycles. The van der Waals surface area contributed by atoms with Gasteiger partial charge in [0.1, 0.15) is 0 Å². The van der Waals surface area contributed by atoms with Crippen molar-refractivity contribution >= 4 is 5.97 Å². The number of carboxylic acids is 1. The van der Waals surface area contributed by atoms with E-state index < -0.39 is 5.97 Å². The van der Waals surface area contributed by atoms with Gasteiger partial charge in [0.25, 0.3) is 0 Å². The number of carbonyl (C=O) groups is 1. The Bertz CT molecular complexity index is 93.8. The van der Waals surface area contributed by atoms with Crippen LogP contribution >= 0.6 is 0 Å². The van der Waals surface area contributed by atoms with Gasteiger partial charge in [-0.05, 0) is 0 Å². The number of hydrogen-bond donors (Lipinski definition) is 1. The first kappa shape index (κ1) is 10.9. The molecule has 0 aromatic rings. The van der Waals surface area contributed by atoms with Crippen LogP contribution in [0.2, 0.25) is 0 Å². The molecule has 0 radical (unpaired) electrons. The van der Waals surface area contributed by atoms with E-state index in [2.05, 4.69) is 4.74 Å². The SMILES string of the molecule is COC=CC(=O)O.[H-].[Na+]. The normalized spacial score (nSPS) is 8.12. The van der Waals surface area contributed by atoms with Crippen LogP contribution in [0.3, 0.4) is 0 Å². The monoisotopic (exact) mass is 126 g/mol. The topological polar surface area (TPSA) is 46.5 Å². The van der Waals surface area contributed by atoms with Crippen molar-refractivity contribution in [2.75, 3.05) is 7.11 Å². The van der Waals surface area contributed by atoms with Gasteiger partial charge in [0.2, 0.25) is 0 Å². The Morgan fingerprint density at radius 2 is 2.38 bits per heavy atom. The maximum atomic E-state index is 9.59. The first-order valence-corrected chi connectivity index (χ1v) is 1.69. The van der Waals surface area contributed by atoms with Gasteiger partial charge in [0.15, 0.2) is 0 Å². The fourth-order valence-electron chi connectivity index (χ4n) is 0.126. The van der Waals surface area contributed by atoms with E-state index in [0.717, 1.165) is 12.3 Å². The average molecular weight is 126 g/mol. The summed E-state index contributed by atoms with van der Waals surface area (Å²) in [5, 5.41) is 7.88. The van der Waals surface area contributed by atoms with Gasteiger partial charge in [-0.2, -0.15) is 0 Å². The van der Waals surface area contributed by atoms with Gasteiger partial charge in [0.05, 0.1) is 19.4 Å². The van der Waals surface area contributed by atoms with E-state index in [4.69, 9.17) is 5.11 Å². The first-order chi connectivity index (χ1) is 3.27. The van der Waals surface area contributed by atoms with Gasteiger partial charge in [0, 0.05) is 0 Å². The predicted octanol–water partition coefficient (Wildman–Crippen LogP) is -2.65. The molecule has 1 N–H and O–H groups in total. The second-order valence-electron chi connectivity index (χ2n) is 0.877. The zero-order chi connectivity index (χ0) is 5.70. The molecule has 0 aromatic carbocycles. The van der Waals surface area contributed by atoms with Crippen molar-refractivity contribution in [2.45, 2.75) is 0 Å². The molecule has 42 valence electrons. The Morgan fingerprint density at radius 1 is 1.88 bits per heavy atom. The van der Waals surface area contributed by atoms with E-state index >= 15 is 0 Å². The molecule has 0 heterocycles. The Morgan fingerprint density at radius 3 is 2.50 bits per heavy atom. The summed E-state index contributed by atoms with van der Waals surface area (Å²) in [5.41, 5.74) is 0. The molecule has 0 spiro atoms. The van der Waals surface area contributed by atoms with Crippen molar-refractivity contribution in [3.63, 3.8) is 0 Å². The number of ether oxygens (including phenoxy) is 1. The number of methoxy groups -OCH3 is 1. The maximum Gasteiger partial charge on any atom is 1.00 e. The molecule has 0 amide bonds. The molecule has 0 unspecified atom stereocenters. The third-order valence-electron chi connectivity index (χ3n) is 0.347. The molecule has 0 bridgehead atoms. The van der Waals surface area contributed by atoms with Crippen LogP contribution in [0.5, 0.6) is 0 Å².